The maximum atomic E-state index is 16.4. The van der Waals surface area contributed by atoms with Crippen molar-refractivity contribution < 1.29 is 36.6 Å². The number of anilines is 2. The van der Waals surface area contributed by atoms with E-state index in [0.717, 1.165) is 38.9 Å². The number of aromatic nitrogens is 3. The molecule has 0 unspecified atom stereocenters. The first-order valence-corrected chi connectivity index (χ1v) is 24.0. The number of benzene rings is 7. The number of carbonyl (C=O) groups is 2. The highest BCUT2D eigenvalue weighted by molar-refractivity contribution is 7.92. The second-order valence-electron chi connectivity index (χ2n) is 17.1. The number of fused-ring (bicyclic) bond motifs is 2. The zero-order chi connectivity index (χ0) is 49.2. The van der Waals surface area contributed by atoms with E-state index in [-0.39, 0.29) is 48.2 Å². The number of nitrogens with one attached hydrogen (secondary N) is 2. The summed E-state index contributed by atoms with van der Waals surface area (Å²) < 4.78 is 66.2. The van der Waals surface area contributed by atoms with Gasteiger partial charge in [-0.3, -0.25) is 18.7 Å². The van der Waals surface area contributed by atoms with Crippen LogP contribution < -0.4 is 34.2 Å². The fourth-order valence-electron chi connectivity index (χ4n) is 8.56. The lowest BCUT2D eigenvalue weighted by Crippen LogP contribution is -2.30. The summed E-state index contributed by atoms with van der Waals surface area (Å²) >= 11 is 0. The van der Waals surface area contributed by atoms with E-state index in [2.05, 4.69) is 5.32 Å². The topological polar surface area (TPSA) is 163 Å². The van der Waals surface area contributed by atoms with Gasteiger partial charge >= 0.3 is 15.9 Å². The molecule has 7 aromatic carbocycles. The maximum absolute atomic E-state index is 16.4. The Bertz CT molecular complexity index is 3680. The monoisotopic (exact) mass is 968 g/mol. The molecule has 1 fully saturated rings. The van der Waals surface area contributed by atoms with E-state index >= 15 is 4.39 Å². The summed E-state index contributed by atoms with van der Waals surface area (Å²) in [6.07, 6.45) is 0.0336. The van der Waals surface area contributed by atoms with Crippen LogP contribution in [0.1, 0.15) is 27.8 Å². The minimum absolute atomic E-state index is 0.00325. The molecule has 1 saturated heterocycles. The Morgan fingerprint density at radius 1 is 0.718 bits per heavy atom. The molecule has 3 heterocycles. The van der Waals surface area contributed by atoms with Crippen molar-refractivity contribution in [2.75, 3.05) is 16.2 Å². The summed E-state index contributed by atoms with van der Waals surface area (Å²) in [6.45, 7) is 1.84. The number of aryl methyl sites for hydroxylation is 2. The number of ether oxygens (including phenoxy) is 3. The first-order chi connectivity index (χ1) is 34.4. The molecule has 0 bridgehead atoms. The van der Waals surface area contributed by atoms with Crippen molar-refractivity contribution >= 4 is 55.2 Å². The van der Waals surface area contributed by atoms with Crippen molar-refractivity contribution in [3.8, 4) is 34.3 Å². The molecular formula is C55H45FN6O8S. The molecule has 1 aliphatic heterocycles. The van der Waals surface area contributed by atoms with Crippen LogP contribution in [0.2, 0.25) is 0 Å². The molecule has 10 rings (SSSR count). The molecule has 0 saturated carbocycles. The second kappa shape index (κ2) is 19.3. The van der Waals surface area contributed by atoms with Gasteiger partial charge in [-0.05, 0) is 93.7 Å². The first kappa shape index (κ1) is 46.0. The van der Waals surface area contributed by atoms with Gasteiger partial charge in [0.1, 0.15) is 43.5 Å². The van der Waals surface area contributed by atoms with Gasteiger partial charge in [0.05, 0.1) is 17.5 Å². The van der Waals surface area contributed by atoms with Gasteiger partial charge in [0.2, 0.25) is 17.7 Å². The largest absolute Gasteiger partial charge is 0.487 e. The highest BCUT2D eigenvalue weighted by Crippen LogP contribution is 2.40. The zero-order valence-corrected chi connectivity index (χ0v) is 39.3. The van der Waals surface area contributed by atoms with Crippen LogP contribution in [0.5, 0.6) is 17.5 Å². The standard InChI is InChI=1S/C55H45FN6O8S/c1-35-26-40(41-20-23-45-47(28-41)60(2)55(65)62(45)46-24-25-51(69-33-37-14-8-4-9-15-37)58-54(46)70-34-38-16-10-5-11-17-38)19-18-39(35)30-49(63)57-43-21-22-44-42(27-43)29-48(68-32-36-12-6-3-7-13-36)53(52(44)56)61-31-50(64)59-71(61,66)67/h3-29H,30-34H2,1-2H3,(H,57,63)(H,59,64). The Hall–Kier alpha value is -8.76. The number of carbonyl (C=O) groups excluding carboxylic acids is 2. The van der Waals surface area contributed by atoms with Crippen molar-refractivity contribution in [3.63, 3.8) is 0 Å². The van der Waals surface area contributed by atoms with E-state index < -0.39 is 34.2 Å². The number of imidazole rings is 1. The molecule has 1 aliphatic rings. The van der Waals surface area contributed by atoms with Gasteiger partial charge in [-0.25, -0.2) is 18.2 Å². The molecule has 0 atom stereocenters. The van der Waals surface area contributed by atoms with Crippen molar-refractivity contribution in [2.45, 2.75) is 33.2 Å². The smallest absolute Gasteiger partial charge is 0.333 e. The summed E-state index contributed by atoms with van der Waals surface area (Å²) in [5.74, 6) is -1.52. The number of hydrogen-bond acceptors (Lipinski definition) is 9. The Morgan fingerprint density at radius 3 is 2.00 bits per heavy atom. The Kier molecular flexibility index (Phi) is 12.5. The van der Waals surface area contributed by atoms with Crippen molar-refractivity contribution in [1.82, 2.24) is 18.8 Å². The molecule has 0 radical (unpaired) electrons. The molecule has 2 N–H and O–H groups in total. The quantitative estimate of drug-likeness (QED) is 0.102. The predicted molar refractivity (Wildman–Crippen MR) is 269 cm³/mol. The number of nitrogens with zero attached hydrogens (tertiary/aromatic N) is 4. The first-order valence-electron chi connectivity index (χ1n) is 22.6. The Labute approximate surface area is 407 Å². The van der Waals surface area contributed by atoms with Crippen molar-refractivity contribution in [2.24, 2.45) is 7.05 Å². The van der Waals surface area contributed by atoms with E-state index in [1.165, 1.54) is 18.2 Å². The molecule has 14 nitrogen and oxygen atoms in total. The SMILES string of the molecule is Cc1cc(-c2ccc3c(c2)n(C)c(=O)n3-c2ccc(OCc3ccccc3)nc2OCc2ccccc2)ccc1CC(=O)Nc1ccc2c(F)c(N3CC(=O)NS3(=O)=O)c(OCc3ccccc3)cc2c1. The van der Waals surface area contributed by atoms with Gasteiger partial charge in [-0.15, -0.1) is 0 Å². The van der Waals surface area contributed by atoms with Gasteiger partial charge in [0.15, 0.2) is 5.82 Å². The zero-order valence-electron chi connectivity index (χ0n) is 38.5. The van der Waals surface area contributed by atoms with E-state index in [1.807, 2.05) is 139 Å². The third-order valence-electron chi connectivity index (χ3n) is 12.2. The highest BCUT2D eigenvalue weighted by atomic mass is 32.2. The van der Waals surface area contributed by atoms with E-state index in [1.54, 1.807) is 34.4 Å². The van der Waals surface area contributed by atoms with Gasteiger partial charge < -0.3 is 19.5 Å². The Morgan fingerprint density at radius 2 is 1.35 bits per heavy atom. The fraction of sp³-hybridized carbons (Fsp3) is 0.127. The molecule has 0 spiro atoms. The Balaban J connectivity index is 0.881. The molecular weight excluding hydrogens is 924 g/mol. The van der Waals surface area contributed by atoms with Crippen LogP contribution in [-0.2, 0) is 53.1 Å². The lowest BCUT2D eigenvalue weighted by Gasteiger charge is -2.21. The molecule has 9 aromatic rings. The van der Waals surface area contributed by atoms with Gasteiger partial charge in [0, 0.05) is 24.2 Å². The van der Waals surface area contributed by atoms with Crippen molar-refractivity contribution in [3.05, 3.63) is 208 Å². The second-order valence-corrected chi connectivity index (χ2v) is 18.6. The van der Waals surface area contributed by atoms with Crippen LogP contribution >= 0.6 is 0 Å². The van der Waals surface area contributed by atoms with Gasteiger partial charge in [-0.2, -0.15) is 13.4 Å². The van der Waals surface area contributed by atoms with E-state index in [9.17, 15) is 22.8 Å². The number of pyridine rings is 1. The molecule has 0 aliphatic carbocycles. The summed E-state index contributed by atoms with van der Waals surface area (Å²) in [7, 11) is -2.65. The number of amides is 2. The number of halogens is 1. The predicted octanol–water partition coefficient (Wildman–Crippen LogP) is 9.09. The lowest BCUT2D eigenvalue weighted by atomic mass is 9.98. The summed E-state index contributed by atoms with van der Waals surface area (Å²) in [6, 6.07) is 49.7. The minimum Gasteiger partial charge on any atom is -0.487 e. The van der Waals surface area contributed by atoms with Gasteiger partial charge in [-0.1, -0.05) is 115 Å². The fourth-order valence-corrected chi connectivity index (χ4v) is 9.72. The minimum atomic E-state index is -4.37. The molecule has 71 heavy (non-hydrogen) atoms. The lowest BCUT2D eigenvalue weighted by molar-refractivity contribution is -0.117. The average molecular weight is 969 g/mol. The maximum Gasteiger partial charge on any atom is 0.333 e. The molecule has 356 valence electrons. The number of hydrogen-bond donors (Lipinski definition) is 2. The van der Waals surface area contributed by atoms with Crippen LogP contribution in [0.15, 0.2) is 169 Å². The summed E-state index contributed by atoms with van der Waals surface area (Å²) in [5.41, 5.74) is 7.55. The normalized spacial score (nSPS) is 13.1. The van der Waals surface area contributed by atoms with Crippen LogP contribution in [0, 0.1) is 12.7 Å². The van der Waals surface area contributed by atoms with E-state index in [0.29, 0.717) is 44.6 Å². The van der Waals surface area contributed by atoms with Crippen LogP contribution in [0.4, 0.5) is 15.8 Å². The van der Waals surface area contributed by atoms with Crippen LogP contribution in [-0.4, -0.2) is 40.9 Å². The molecule has 2 amide bonds. The van der Waals surface area contributed by atoms with Crippen molar-refractivity contribution in [1.29, 1.82) is 0 Å². The average Bonchev–Trinajstić information content (AvgIpc) is 3.80. The van der Waals surface area contributed by atoms with E-state index in [4.69, 9.17) is 19.2 Å². The van der Waals surface area contributed by atoms with Crippen LogP contribution in [0.3, 0.4) is 0 Å². The third kappa shape index (κ3) is 9.65. The molecule has 2 aromatic heterocycles. The summed E-state index contributed by atoms with van der Waals surface area (Å²) in [5, 5.41) is 3.31. The summed E-state index contributed by atoms with van der Waals surface area (Å²) in [4.78, 5) is 44.5. The third-order valence-corrected chi connectivity index (χ3v) is 13.6. The number of rotatable bonds is 15. The van der Waals surface area contributed by atoms with Gasteiger partial charge in [0.25, 0.3) is 5.91 Å². The van der Waals surface area contributed by atoms with Crippen LogP contribution in [0.25, 0.3) is 38.6 Å². The molecule has 16 heteroatoms. The highest BCUT2D eigenvalue weighted by Gasteiger charge is 2.38.